The van der Waals surface area contributed by atoms with Gasteiger partial charge < -0.3 is 10.1 Å². The summed E-state index contributed by atoms with van der Waals surface area (Å²) >= 11 is 0. The summed E-state index contributed by atoms with van der Waals surface area (Å²) < 4.78 is 5.86. The van der Waals surface area contributed by atoms with Gasteiger partial charge in [-0.15, -0.1) is 0 Å². The molecule has 1 N–H and O–H groups in total. The van der Waals surface area contributed by atoms with Crippen molar-refractivity contribution in [2.75, 3.05) is 20.2 Å². The van der Waals surface area contributed by atoms with Gasteiger partial charge in [0.25, 0.3) is 0 Å². The molecule has 1 amide bonds. The molecule has 4 nitrogen and oxygen atoms in total. The Bertz CT molecular complexity index is 544. The van der Waals surface area contributed by atoms with E-state index in [0.29, 0.717) is 6.61 Å². The lowest BCUT2D eigenvalue weighted by molar-refractivity contribution is -0.128. The topological polar surface area (TPSA) is 41.6 Å². The molecule has 0 aromatic heterocycles. The van der Waals surface area contributed by atoms with Crippen LogP contribution >= 0.6 is 0 Å². The highest BCUT2D eigenvalue weighted by Gasteiger charge is 2.30. The molecule has 1 unspecified atom stereocenters. The van der Waals surface area contributed by atoms with E-state index in [-0.39, 0.29) is 18.0 Å². The molecule has 0 radical (unpaired) electrons. The zero-order valence-electron chi connectivity index (χ0n) is 13.6. The number of para-hydroxylation sites is 1. The van der Waals surface area contributed by atoms with Crippen molar-refractivity contribution in [1.82, 2.24) is 10.2 Å². The Morgan fingerprint density at radius 3 is 3.00 bits per heavy atom. The van der Waals surface area contributed by atoms with Crippen LogP contribution in [0.3, 0.4) is 0 Å². The number of nitrogens with zero attached hydrogens (tertiary/aromatic N) is 1. The molecule has 0 bridgehead atoms. The zero-order valence-corrected chi connectivity index (χ0v) is 13.6. The molecule has 4 heteroatoms. The lowest BCUT2D eigenvalue weighted by Crippen LogP contribution is -2.48. The molecule has 1 saturated heterocycles. The maximum absolute atomic E-state index is 12.6. The van der Waals surface area contributed by atoms with Gasteiger partial charge in [-0.3, -0.25) is 9.69 Å². The minimum atomic E-state index is 0.0226. The molecular formula is C18H26N2O2. The van der Waals surface area contributed by atoms with E-state index in [2.05, 4.69) is 42.4 Å². The summed E-state index contributed by atoms with van der Waals surface area (Å²) in [4.78, 5) is 14.8. The molecule has 2 atom stereocenters. The molecule has 1 aromatic rings. The third-order valence-electron chi connectivity index (χ3n) is 4.93. The minimum Gasteiger partial charge on any atom is -0.493 e. The molecule has 120 valence electrons. The van der Waals surface area contributed by atoms with Gasteiger partial charge in [0.05, 0.1) is 18.7 Å². The molecule has 3 rings (SSSR count). The molecule has 0 aliphatic carbocycles. The van der Waals surface area contributed by atoms with Crippen LogP contribution in [0.4, 0.5) is 0 Å². The summed E-state index contributed by atoms with van der Waals surface area (Å²) in [6, 6.07) is 6.37. The number of carbonyl (C=O) groups excluding carboxylic acids is 1. The van der Waals surface area contributed by atoms with Gasteiger partial charge in [-0.25, -0.2) is 0 Å². The summed E-state index contributed by atoms with van der Waals surface area (Å²) in [7, 11) is 2.05. The van der Waals surface area contributed by atoms with Crippen molar-refractivity contribution < 1.29 is 9.53 Å². The molecule has 2 aliphatic heterocycles. The quantitative estimate of drug-likeness (QED) is 0.933. The number of rotatable bonds is 3. The summed E-state index contributed by atoms with van der Waals surface area (Å²) in [6.45, 7) is 3.83. The van der Waals surface area contributed by atoms with Crippen LogP contribution in [0.5, 0.6) is 5.75 Å². The van der Waals surface area contributed by atoms with E-state index in [4.69, 9.17) is 4.74 Å². The molecule has 22 heavy (non-hydrogen) atoms. The van der Waals surface area contributed by atoms with Crippen molar-refractivity contribution in [2.24, 2.45) is 0 Å². The first-order valence-corrected chi connectivity index (χ1v) is 8.46. The average molecular weight is 302 g/mol. The smallest absolute Gasteiger partial charge is 0.237 e. The number of piperidine rings is 1. The van der Waals surface area contributed by atoms with Gasteiger partial charge in [0, 0.05) is 12.0 Å². The van der Waals surface area contributed by atoms with Gasteiger partial charge in [0.15, 0.2) is 0 Å². The number of carbonyl (C=O) groups is 1. The maximum atomic E-state index is 12.6. The Morgan fingerprint density at radius 1 is 1.36 bits per heavy atom. The highest BCUT2D eigenvalue weighted by Crippen LogP contribution is 2.35. The lowest BCUT2D eigenvalue weighted by Gasteiger charge is -2.34. The van der Waals surface area contributed by atoms with E-state index in [1.165, 1.54) is 12.0 Å². The van der Waals surface area contributed by atoms with Crippen LogP contribution in [-0.2, 0) is 11.2 Å². The second-order valence-corrected chi connectivity index (χ2v) is 6.38. The van der Waals surface area contributed by atoms with Crippen molar-refractivity contribution in [2.45, 2.75) is 51.1 Å². The van der Waals surface area contributed by atoms with Crippen LogP contribution in [0.1, 0.15) is 49.8 Å². The first-order valence-electron chi connectivity index (χ1n) is 8.46. The van der Waals surface area contributed by atoms with Crippen LogP contribution < -0.4 is 10.1 Å². The number of fused-ring (bicyclic) bond motifs is 1. The number of ether oxygens (including phenoxy) is 1. The Labute approximate surface area is 132 Å². The number of hydrogen-bond acceptors (Lipinski definition) is 3. The Hall–Kier alpha value is -1.55. The highest BCUT2D eigenvalue weighted by molar-refractivity contribution is 5.82. The van der Waals surface area contributed by atoms with Gasteiger partial charge in [-0.1, -0.05) is 31.5 Å². The minimum absolute atomic E-state index is 0.0226. The van der Waals surface area contributed by atoms with Gasteiger partial charge >= 0.3 is 0 Å². The number of likely N-dealkylation sites (N-methyl/N-ethyl adjacent to an activating group) is 1. The second kappa shape index (κ2) is 6.69. The standard InChI is InChI=1S/C18H26N2O2/c1-3-13-7-6-8-14-15(10-12-22-17(13)14)19-18(21)16-9-4-5-11-20(16)2/h6-8,15-16H,3-5,9-12H2,1-2H3,(H,19,21)/t15?,16-/m0/s1. The monoisotopic (exact) mass is 302 g/mol. The molecule has 1 fully saturated rings. The lowest BCUT2D eigenvalue weighted by atomic mass is 9.95. The average Bonchev–Trinajstić information content (AvgIpc) is 2.55. The maximum Gasteiger partial charge on any atom is 0.237 e. The van der Waals surface area contributed by atoms with E-state index in [9.17, 15) is 4.79 Å². The van der Waals surface area contributed by atoms with Crippen molar-refractivity contribution in [3.8, 4) is 5.75 Å². The molecule has 2 aliphatic rings. The third-order valence-corrected chi connectivity index (χ3v) is 4.93. The largest absolute Gasteiger partial charge is 0.493 e. The fourth-order valence-corrected chi connectivity index (χ4v) is 3.59. The van der Waals surface area contributed by atoms with Gasteiger partial charge in [0.1, 0.15) is 5.75 Å². The van der Waals surface area contributed by atoms with Crippen LogP contribution in [0, 0.1) is 0 Å². The number of benzene rings is 1. The zero-order chi connectivity index (χ0) is 15.5. The van der Waals surface area contributed by atoms with Crippen LogP contribution in [-0.4, -0.2) is 37.0 Å². The van der Waals surface area contributed by atoms with Crippen molar-refractivity contribution in [1.29, 1.82) is 0 Å². The number of nitrogens with one attached hydrogen (secondary N) is 1. The normalized spacial score (nSPS) is 25.2. The summed E-state index contributed by atoms with van der Waals surface area (Å²) in [6.07, 6.45) is 5.11. The predicted molar refractivity (Wildman–Crippen MR) is 87.1 cm³/mol. The molecular weight excluding hydrogens is 276 g/mol. The van der Waals surface area contributed by atoms with E-state index in [0.717, 1.165) is 43.5 Å². The van der Waals surface area contributed by atoms with E-state index < -0.39 is 0 Å². The highest BCUT2D eigenvalue weighted by atomic mass is 16.5. The fraction of sp³-hybridized carbons (Fsp3) is 0.611. The first kappa shape index (κ1) is 15.3. The van der Waals surface area contributed by atoms with Crippen LogP contribution in [0.25, 0.3) is 0 Å². The van der Waals surface area contributed by atoms with Gasteiger partial charge in [-0.2, -0.15) is 0 Å². The molecule has 1 aromatic carbocycles. The van der Waals surface area contributed by atoms with Gasteiger partial charge in [0.2, 0.25) is 5.91 Å². The van der Waals surface area contributed by atoms with Crippen molar-refractivity contribution >= 4 is 5.91 Å². The Morgan fingerprint density at radius 2 is 2.23 bits per heavy atom. The molecule has 0 spiro atoms. The predicted octanol–water partition coefficient (Wildman–Crippen LogP) is 2.67. The summed E-state index contributed by atoms with van der Waals surface area (Å²) in [5.74, 6) is 1.15. The van der Waals surface area contributed by atoms with Crippen LogP contribution in [0.2, 0.25) is 0 Å². The SMILES string of the molecule is CCc1cccc2c1OCCC2NC(=O)[C@@H]1CCCCN1C. The summed E-state index contributed by atoms with van der Waals surface area (Å²) in [5.41, 5.74) is 2.36. The third kappa shape index (κ3) is 2.98. The number of hydrogen-bond donors (Lipinski definition) is 1. The van der Waals surface area contributed by atoms with Crippen LogP contribution in [0.15, 0.2) is 18.2 Å². The number of likely N-dealkylation sites (tertiary alicyclic amines) is 1. The number of amides is 1. The Kier molecular flexibility index (Phi) is 4.67. The molecule has 2 heterocycles. The van der Waals surface area contributed by atoms with E-state index in [1.807, 2.05) is 0 Å². The number of aryl methyl sites for hydroxylation is 1. The fourth-order valence-electron chi connectivity index (χ4n) is 3.59. The van der Waals surface area contributed by atoms with E-state index in [1.54, 1.807) is 0 Å². The van der Waals surface area contributed by atoms with Gasteiger partial charge in [-0.05, 0) is 38.4 Å². The van der Waals surface area contributed by atoms with E-state index >= 15 is 0 Å². The summed E-state index contributed by atoms with van der Waals surface area (Å²) in [5, 5.41) is 3.27. The molecule has 0 saturated carbocycles. The first-order chi connectivity index (χ1) is 10.7. The Balaban J connectivity index is 1.76. The van der Waals surface area contributed by atoms with Crippen molar-refractivity contribution in [3.63, 3.8) is 0 Å². The second-order valence-electron chi connectivity index (χ2n) is 6.38. The van der Waals surface area contributed by atoms with Crippen molar-refractivity contribution in [3.05, 3.63) is 29.3 Å².